The van der Waals surface area contributed by atoms with Crippen LogP contribution in [-0.2, 0) is 28.6 Å². The van der Waals surface area contributed by atoms with E-state index in [1.807, 2.05) is 0 Å². The first-order valence-corrected chi connectivity index (χ1v) is 6.03. The molecular weight excluding hydrogens is 268 g/mol. The van der Waals surface area contributed by atoms with E-state index in [4.69, 9.17) is 15.0 Å². The van der Waals surface area contributed by atoms with Gasteiger partial charge in [0.05, 0.1) is 6.61 Å². The summed E-state index contributed by atoms with van der Waals surface area (Å²) in [7, 11) is 0. The fourth-order valence-corrected chi connectivity index (χ4v) is 1.77. The Balaban J connectivity index is 3.03. The Kier molecular flexibility index (Phi) is 4.88. The molecule has 0 spiro atoms. The van der Waals surface area contributed by atoms with E-state index in [-0.39, 0.29) is 6.61 Å². The van der Waals surface area contributed by atoms with E-state index in [0.717, 1.165) is 0 Å². The number of Topliss-reactive ketones (excluding diaryl/α,β-unsaturated/α-hetero) is 2. The van der Waals surface area contributed by atoms with E-state index in [0.29, 0.717) is 0 Å². The molecule has 1 rings (SSSR count). The van der Waals surface area contributed by atoms with Crippen molar-refractivity contribution in [2.45, 2.75) is 45.7 Å². The summed E-state index contributed by atoms with van der Waals surface area (Å²) in [6.07, 6.45) is -2.51. The van der Waals surface area contributed by atoms with Crippen molar-refractivity contribution in [1.82, 2.24) is 0 Å². The number of carbonyl (C=O) groups excluding carboxylic acids is 3. The quantitative estimate of drug-likeness (QED) is 0.229. The maximum atomic E-state index is 12.1. The van der Waals surface area contributed by atoms with Crippen LogP contribution in [0.5, 0.6) is 0 Å². The van der Waals surface area contributed by atoms with Crippen LogP contribution in [-0.4, -0.2) is 52.6 Å². The number of hydrogen-bond acceptors (Lipinski definition) is 6. The van der Waals surface area contributed by atoms with Crippen LogP contribution < -0.4 is 0 Å². The molecule has 1 aliphatic rings. The van der Waals surface area contributed by atoms with Crippen LogP contribution in [0.3, 0.4) is 0 Å². The second-order valence-corrected chi connectivity index (χ2v) is 4.62. The molecule has 1 unspecified atom stereocenters. The summed E-state index contributed by atoms with van der Waals surface area (Å²) >= 11 is 0. The highest BCUT2D eigenvalue weighted by Gasteiger charge is 2.52. The van der Waals surface area contributed by atoms with Crippen molar-refractivity contribution in [3.05, 3.63) is 5.53 Å². The second kappa shape index (κ2) is 6.04. The molecule has 1 heterocycles. The summed E-state index contributed by atoms with van der Waals surface area (Å²) in [5.74, 6) is -3.64. The van der Waals surface area contributed by atoms with Crippen LogP contribution in [0.4, 0.5) is 0 Å². The van der Waals surface area contributed by atoms with Gasteiger partial charge in [-0.1, -0.05) is 0 Å². The molecule has 0 aliphatic carbocycles. The van der Waals surface area contributed by atoms with Gasteiger partial charge in [-0.05, 0) is 27.7 Å². The molecule has 0 N–H and O–H groups in total. The van der Waals surface area contributed by atoms with E-state index < -0.39 is 41.2 Å². The van der Waals surface area contributed by atoms with E-state index in [2.05, 4.69) is 9.53 Å². The summed E-state index contributed by atoms with van der Waals surface area (Å²) in [5.41, 5.74) is 7.96. The van der Waals surface area contributed by atoms with Crippen molar-refractivity contribution in [2.75, 3.05) is 6.61 Å². The smallest absolute Gasteiger partial charge is 0.444 e. The Morgan fingerprint density at radius 2 is 1.80 bits per heavy atom. The minimum atomic E-state index is -1.35. The first-order valence-electron chi connectivity index (χ1n) is 6.03. The topological polar surface area (TPSA) is 115 Å². The van der Waals surface area contributed by atoms with Gasteiger partial charge in [0.2, 0.25) is 0 Å². The third-order valence-corrected chi connectivity index (χ3v) is 2.56. The molecule has 0 aromatic heterocycles. The highest BCUT2D eigenvalue weighted by molar-refractivity contribution is 6.63. The lowest BCUT2D eigenvalue weighted by molar-refractivity contribution is -0.158. The number of ether oxygens (including phenoxy) is 3. The molecule has 8 heteroatoms. The lowest BCUT2D eigenvalue weighted by Crippen LogP contribution is -2.43. The lowest BCUT2D eigenvalue weighted by atomic mass is 10.0. The van der Waals surface area contributed by atoms with Gasteiger partial charge in [-0.3, -0.25) is 9.59 Å². The average Bonchev–Trinajstić information content (AvgIpc) is 2.66. The highest BCUT2D eigenvalue weighted by Crippen LogP contribution is 2.29. The zero-order chi connectivity index (χ0) is 15.5. The van der Waals surface area contributed by atoms with Crippen LogP contribution in [0.15, 0.2) is 0 Å². The van der Waals surface area contributed by atoms with Crippen molar-refractivity contribution in [2.24, 2.45) is 0 Å². The molecule has 0 amide bonds. The maximum Gasteiger partial charge on any atom is 0.444 e. The fraction of sp³-hybridized carbons (Fsp3) is 0.667. The molecular formula is C12H16N2O6. The van der Waals surface area contributed by atoms with Crippen molar-refractivity contribution in [3.63, 3.8) is 0 Å². The summed E-state index contributed by atoms with van der Waals surface area (Å²) in [6, 6.07) is 0. The van der Waals surface area contributed by atoms with Gasteiger partial charge in [-0.15, -0.1) is 0 Å². The van der Waals surface area contributed by atoms with Crippen molar-refractivity contribution in [1.29, 1.82) is 0 Å². The Labute approximate surface area is 115 Å². The number of esters is 1. The molecule has 8 nitrogen and oxygen atoms in total. The Morgan fingerprint density at radius 1 is 1.25 bits per heavy atom. The standard InChI is InChI=1S/C12H16N2O6/c1-5-18-11(17)7(14-13)8(16)10-9(6(2)15)19-12(3,4)20-10/h9-10H,5H2,1-4H3/t9-,10?/m0/s1. The van der Waals surface area contributed by atoms with Gasteiger partial charge in [0, 0.05) is 0 Å². The number of hydrogen-bond donors (Lipinski definition) is 0. The number of nitrogens with zero attached hydrogens (tertiary/aromatic N) is 2. The van der Waals surface area contributed by atoms with Crippen LogP contribution in [0.1, 0.15) is 27.7 Å². The third-order valence-electron chi connectivity index (χ3n) is 2.56. The number of ketones is 2. The molecule has 0 saturated carbocycles. The first-order chi connectivity index (χ1) is 9.23. The summed E-state index contributed by atoms with van der Waals surface area (Å²) in [4.78, 5) is 37.8. The van der Waals surface area contributed by atoms with Gasteiger partial charge in [0.25, 0.3) is 5.78 Å². The van der Waals surface area contributed by atoms with Gasteiger partial charge >= 0.3 is 11.7 Å². The molecule has 20 heavy (non-hydrogen) atoms. The van der Waals surface area contributed by atoms with Gasteiger partial charge < -0.3 is 19.7 Å². The van der Waals surface area contributed by atoms with E-state index in [1.165, 1.54) is 27.7 Å². The molecule has 0 bridgehead atoms. The van der Waals surface area contributed by atoms with Gasteiger partial charge in [0.15, 0.2) is 23.8 Å². The monoisotopic (exact) mass is 284 g/mol. The minimum absolute atomic E-state index is 0.00872. The highest BCUT2D eigenvalue weighted by atomic mass is 16.8. The van der Waals surface area contributed by atoms with Crippen molar-refractivity contribution in [3.8, 4) is 0 Å². The van der Waals surface area contributed by atoms with Crippen LogP contribution >= 0.6 is 0 Å². The number of carbonyl (C=O) groups is 3. The zero-order valence-electron chi connectivity index (χ0n) is 11.7. The van der Waals surface area contributed by atoms with Gasteiger partial charge in [-0.2, -0.15) is 4.79 Å². The van der Waals surface area contributed by atoms with Crippen LogP contribution in [0.25, 0.3) is 5.53 Å². The Bertz CT molecular complexity index is 492. The average molecular weight is 284 g/mol. The second-order valence-electron chi connectivity index (χ2n) is 4.62. The molecule has 0 radical (unpaired) electrons. The first kappa shape index (κ1) is 16.2. The summed E-state index contributed by atoms with van der Waals surface area (Å²) in [5, 5.41) is 0. The SMILES string of the molecule is CCOC(=O)C(=[N+]=[N-])C(=O)C1OC(C)(C)O[C@H]1C(C)=O. The minimum Gasteiger partial charge on any atom is -0.457 e. The van der Waals surface area contributed by atoms with E-state index >= 15 is 0 Å². The summed E-state index contributed by atoms with van der Waals surface area (Å²) < 4.78 is 15.2. The molecule has 110 valence electrons. The van der Waals surface area contributed by atoms with Crippen LogP contribution in [0.2, 0.25) is 0 Å². The predicted molar refractivity (Wildman–Crippen MR) is 64.8 cm³/mol. The molecule has 2 atom stereocenters. The summed E-state index contributed by atoms with van der Waals surface area (Å²) in [6.45, 7) is 5.82. The van der Waals surface area contributed by atoms with Crippen molar-refractivity contribution < 1.29 is 33.4 Å². The lowest BCUT2D eigenvalue weighted by Gasteiger charge is -2.15. The van der Waals surface area contributed by atoms with E-state index in [9.17, 15) is 14.4 Å². The third kappa shape index (κ3) is 3.36. The number of rotatable bonds is 5. The zero-order valence-corrected chi connectivity index (χ0v) is 11.7. The molecule has 0 aromatic carbocycles. The normalized spacial score (nSPS) is 23.8. The van der Waals surface area contributed by atoms with Crippen molar-refractivity contribution >= 4 is 23.2 Å². The largest absolute Gasteiger partial charge is 0.457 e. The van der Waals surface area contributed by atoms with Gasteiger partial charge in [0.1, 0.15) is 0 Å². The van der Waals surface area contributed by atoms with Crippen LogP contribution in [0, 0.1) is 0 Å². The molecule has 1 fully saturated rings. The molecule has 0 aromatic rings. The Morgan fingerprint density at radius 3 is 2.25 bits per heavy atom. The van der Waals surface area contributed by atoms with E-state index in [1.54, 1.807) is 0 Å². The Hall–Kier alpha value is -1.89. The fourth-order valence-electron chi connectivity index (χ4n) is 1.77. The molecule has 1 saturated heterocycles. The maximum absolute atomic E-state index is 12.1. The van der Waals surface area contributed by atoms with Gasteiger partial charge in [-0.25, -0.2) is 4.79 Å². The predicted octanol–water partition coefficient (Wildman–Crippen LogP) is -0.102. The molecule has 1 aliphatic heterocycles.